The van der Waals surface area contributed by atoms with Crippen molar-refractivity contribution in [1.82, 2.24) is 14.5 Å². The molecule has 0 bridgehead atoms. The zero-order valence-electron chi connectivity index (χ0n) is 20.6. The lowest BCUT2D eigenvalue weighted by Gasteiger charge is -2.25. The lowest BCUT2D eigenvalue weighted by molar-refractivity contribution is -0.672. The van der Waals surface area contributed by atoms with Crippen LogP contribution < -0.4 is 21.9 Å². The Morgan fingerprint density at radius 1 is 0.912 bits per heavy atom. The molecule has 1 aliphatic rings. The van der Waals surface area contributed by atoms with Crippen molar-refractivity contribution >= 4 is 34.1 Å². The van der Waals surface area contributed by atoms with E-state index in [0.717, 1.165) is 47.8 Å². The van der Waals surface area contributed by atoms with E-state index in [1.165, 1.54) is 16.9 Å². The Balaban J connectivity index is 0.00000274. The molecular weight excluding hydrogens is 442 g/mol. The summed E-state index contributed by atoms with van der Waals surface area (Å²) in [6.45, 7) is 13.8. The number of rotatable bonds is 5. The molecule has 0 atom stereocenters. The van der Waals surface area contributed by atoms with Crippen LogP contribution >= 0.6 is 0 Å². The molecule has 0 saturated carbocycles. The van der Waals surface area contributed by atoms with E-state index in [-0.39, 0.29) is 17.8 Å². The van der Waals surface area contributed by atoms with Crippen LogP contribution in [0.2, 0.25) is 0 Å². The molecule has 2 aromatic carbocycles. The van der Waals surface area contributed by atoms with Gasteiger partial charge in [0.05, 0.1) is 13.1 Å². The van der Waals surface area contributed by atoms with Gasteiger partial charge in [-0.2, -0.15) is 0 Å². The van der Waals surface area contributed by atoms with Crippen molar-refractivity contribution < 1.29 is 17.0 Å². The number of fused-ring (bicyclic) bond motifs is 3. The fourth-order valence-corrected chi connectivity index (χ4v) is 5.22. The number of nitrogens with zero attached hydrogens (tertiary/aromatic N) is 5. The summed E-state index contributed by atoms with van der Waals surface area (Å²) in [5.74, 6) is 1.12. The average molecular weight is 474 g/mol. The van der Waals surface area contributed by atoms with E-state index in [4.69, 9.17) is 9.97 Å². The van der Waals surface area contributed by atoms with Crippen LogP contribution in [0.4, 0.5) is 5.69 Å². The summed E-state index contributed by atoms with van der Waals surface area (Å²) in [5.41, 5.74) is 7.74. The summed E-state index contributed by atoms with van der Waals surface area (Å²) in [6.07, 6.45) is 6.68. The molecule has 0 spiro atoms. The number of anilines is 1. The number of halogens is 1. The lowest BCUT2D eigenvalue weighted by Crippen LogP contribution is -3.00. The summed E-state index contributed by atoms with van der Waals surface area (Å²) in [7, 11) is 0. The van der Waals surface area contributed by atoms with E-state index in [1.807, 2.05) is 24.3 Å². The van der Waals surface area contributed by atoms with Crippen LogP contribution in [-0.4, -0.2) is 21.1 Å². The Hall–Kier alpha value is -3.18. The second kappa shape index (κ2) is 9.22. The van der Waals surface area contributed by atoms with Gasteiger partial charge in [0.25, 0.3) is 5.65 Å². The third-order valence-electron chi connectivity index (χ3n) is 6.85. The van der Waals surface area contributed by atoms with E-state index < -0.39 is 0 Å². The zero-order valence-corrected chi connectivity index (χ0v) is 21.3. The maximum atomic E-state index is 4.96. The molecule has 34 heavy (non-hydrogen) atoms. The minimum Gasteiger partial charge on any atom is -1.00 e. The van der Waals surface area contributed by atoms with Gasteiger partial charge in [0.15, 0.2) is 5.52 Å². The third kappa shape index (κ3) is 3.59. The third-order valence-corrected chi connectivity index (χ3v) is 6.85. The first-order valence-corrected chi connectivity index (χ1v) is 12.0. The van der Waals surface area contributed by atoms with E-state index in [0.29, 0.717) is 0 Å². The van der Waals surface area contributed by atoms with Gasteiger partial charge in [-0.3, -0.25) is 0 Å². The number of para-hydroxylation sites is 3. The lowest BCUT2D eigenvalue weighted by atomic mass is 9.84. The number of likely N-dealkylation sites (N-methyl/N-ethyl adjacent to an activating group) is 1. The number of imidazole rings is 1. The first kappa shape index (κ1) is 24.0. The van der Waals surface area contributed by atoms with Gasteiger partial charge in [-0.25, -0.2) is 14.1 Å². The van der Waals surface area contributed by atoms with Gasteiger partial charge >= 0.3 is 5.65 Å². The van der Waals surface area contributed by atoms with Crippen molar-refractivity contribution in [3.05, 3.63) is 77.8 Å². The Kier molecular flexibility index (Phi) is 6.50. The summed E-state index contributed by atoms with van der Waals surface area (Å²) < 4.78 is 4.53. The van der Waals surface area contributed by atoms with Crippen LogP contribution in [0.15, 0.2) is 66.4 Å². The highest BCUT2D eigenvalue weighted by molar-refractivity contribution is 5.82. The summed E-state index contributed by atoms with van der Waals surface area (Å²) in [4.78, 5) is 12.4. The van der Waals surface area contributed by atoms with Gasteiger partial charge in [-0.1, -0.05) is 55.2 Å². The van der Waals surface area contributed by atoms with E-state index in [2.05, 4.69) is 91.1 Å². The second-order valence-electron chi connectivity index (χ2n) is 9.00. The SMILES string of the molecule is CCN1/C(=C/C=C/c2n(CC)c3nc4ccccc4nc3[n+]2CC)C(C)(C)c2ccccc21.[Cl-]. The molecule has 0 amide bonds. The summed E-state index contributed by atoms with van der Waals surface area (Å²) >= 11 is 0. The van der Waals surface area contributed by atoms with E-state index in [1.54, 1.807) is 0 Å². The zero-order chi connectivity index (χ0) is 23.2. The largest absolute Gasteiger partial charge is 1.00 e. The van der Waals surface area contributed by atoms with Crippen LogP contribution in [0.25, 0.3) is 28.4 Å². The minimum absolute atomic E-state index is 0. The predicted molar refractivity (Wildman–Crippen MR) is 136 cm³/mol. The maximum absolute atomic E-state index is 4.96. The maximum Gasteiger partial charge on any atom is 0.323 e. The molecule has 0 fully saturated rings. The number of hydrogen-bond acceptors (Lipinski definition) is 3. The quantitative estimate of drug-likeness (QED) is 0.418. The number of aryl methyl sites for hydroxylation is 2. The van der Waals surface area contributed by atoms with Crippen LogP contribution in [0.1, 0.15) is 46.0 Å². The second-order valence-corrected chi connectivity index (χ2v) is 9.00. The van der Waals surface area contributed by atoms with Gasteiger partial charge in [-0.05, 0) is 50.6 Å². The monoisotopic (exact) mass is 473 g/mol. The molecule has 2 aromatic heterocycles. The number of aromatic nitrogens is 4. The molecule has 4 aromatic rings. The van der Waals surface area contributed by atoms with Crippen molar-refractivity contribution in [3.63, 3.8) is 0 Å². The number of hydrogen-bond donors (Lipinski definition) is 0. The van der Waals surface area contributed by atoms with Gasteiger partial charge in [0, 0.05) is 29.4 Å². The van der Waals surface area contributed by atoms with Gasteiger partial charge in [-0.15, -0.1) is 0 Å². The highest BCUT2D eigenvalue weighted by atomic mass is 35.5. The van der Waals surface area contributed by atoms with Crippen LogP contribution in [0.3, 0.4) is 0 Å². The van der Waals surface area contributed by atoms with Crippen LogP contribution in [0.5, 0.6) is 0 Å². The molecule has 176 valence electrons. The van der Waals surface area contributed by atoms with Crippen molar-refractivity contribution in [2.75, 3.05) is 11.4 Å². The Bertz CT molecular complexity index is 1350. The molecule has 0 saturated heterocycles. The highest BCUT2D eigenvalue weighted by Gasteiger charge is 2.38. The van der Waals surface area contributed by atoms with Crippen LogP contribution in [0, 0.1) is 0 Å². The topological polar surface area (TPSA) is 37.8 Å². The Labute approximate surface area is 207 Å². The van der Waals surface area contributed by atoms with Gasteiger partial charge in [0.1, 0.15) is 5.52 Å². The minimum atomic E-state index is -0.0318. The summed E-state index contributed by atoms with van der Waals surface area (Å²) in [5, 5.41) is 0. The smallest absolute Gasteiger partial charge is 0.323 e. The normalized spacial score (nSPS) is 16.0. The predicted octanol–water partition coefficient (Wildman–Crippen LogP) is 2.63. The average Bonchev–Trinajstić information content (AvgIpc) is 3.24. The first-order chi connectivity index (χ1) is 16.0. The standard InChI is InChI=1S/C28H32N5.ClH/c1-6-31-23-17-12-9-14-20(23)28(4,5)24(31)18-13-19-25-32(7-2)26-27(33(25)8-3)30-22-16-11-10-15-21(22)29-26;/h9-19H,6-8H2,1-5H3;1H/q+1;/p-1. The molecule has 5 nitrogen and oxygen atoms in total. The van der Waals surface area contributed by atoms with Crippen molar-refractivity contribution in [2.45, 2.75) is 53.1 Å². The summed E-state index contributed by atoms with van der Waals surface area (Å²) in [6, 6.07) is 16.9. The molecule has 3 heterocycles. The van der Waals surface area contributed by atoms with E-state index >= 15 is 0 Å². The molecule has 0 unspecified atom stereocenters. The molecule has 0 N–H and O–H groups in total. The van der Waals surface area contributed by atoms with Crippen molar-refractivity contribution in [3.8, 4) is 0 Å². The Morgan fingerprint density at radius 3 is 2.26 bits per heavy atom. The molecular formula is C28H32ClN5. The molecule has 1 aliphatic heterocycles. The number of benzene rings is 2. The number of allylic oxidation sites excluding steroid dienone is 3. The molecule has 0 radical (unpaired) electrons. The molecule has 5 rings (SSSR count). The van der Waals surface area contributed by atoms with E-state index in [9.17, 15) is 0 Å². The van der Waals surface area contributed by atoms with Gasteiger partial charge < -0.3 is 17.3 Å². The van der Waals surface area contributed by atoms with Gasteiger partial charge in [0.2, 0.25) is 5.82 Å². The highest BCUT2D eigenvalue weighted by Crippen LogP contribution is 2.47. The fraction of sp³-hybridized carbons (Fsp3) is 0.321. The first-order valence-electron chi connectivity index (χ1n) is 12.0. The van der Waals surface area contributed by atoms with Crippen molar-refractivity contribution in [2.24, 2.45) is 0 Å². The molecule has 0 aliphatic carbocycles. The van der Waals surface area contributed by atoms with Crippen LogP contribution in [-0.2, 0) is 18.5 Å². The molecule has 6 heteroatoms. The fourth-order valence-electron chi connectivity index (χ4n) is 5.22. The van der Waals surface area contributed by atoms with Crippen molar-refractivity contribution in [1.29, 1.82) is 0 Å². The Morgan fingerprint density at radius 2 is 1.59 bits per heavy atom.